The molecule has 3 N–H and O–H groups in total. The lowest BCUT2D eigenvalue weighted by Gasteiger charge is -2.19. The van der Waals surface area contributed by atoms with Crippen molar-refractivity contribution >= 4 is 27.3 Å². The Morgan fingerprint density at radius 1 is 1.82 bits per heavy atom. The number of halogens is 1. The van der Waals surface area contributed by atoms with E-state index >= 15 is 0 Å². The van der Waals surface area contributed by atoms with Crippen LogP contribution in [0.1, 0.15) is 12.5 Å². The smallest absolute Gasteiger partial charge is 0.0998 e. The lowest BCUT2D eigenvalue weighted by atomic mass is 10.0. The summed E-state index contributed by atoms with van der Waals surface area (Å²) >= 11 is 4.87. The quantitative estimate of drug-likeness (QED) is 0.820. The maximum absolute atomic E-state index is 9.67. The van der Waals surface area contributed by atoms with Gasteiger partial charge in [0, 0.05) is 6.54 Å². The van der Waals surface area contributed by atoms with Crippen molar-refractivity contribution in [1.29, 1.82) is 0 Å². The Balaban J connectivity index is 2.92. The first-order chi connectivity index (χ1) is 5.06. The van der Waals surface area contributed by atoms with Crippen LogP contribution in [0, 0.1) is 0 Å². The third-order valence-corrected chi connectivity index (χ3v) is 3.09. The molecule has 0 saturated heterocycles. The Bertz CT molecular complexity index is 246. The zero-order chi connectivity index (χ0) is 8.48. The first-order valence-electron chi connectivity index (χ1n) is 3.23. The minimum Gasteiger partial charge on any atom is -0.384 e. The highest BCUT2D eigenvalue weighted by Crippen LogP contribution is 2.28. The highest BCUT2D eigenvalue weighted by atomic mass is 79.9. The summed E-state index contributed by atoms with van der Waals surface area (Å²) in [6, 6.07) is 1.89. The van der Waals surface area contributed by atoms with E-state index in [0.29, 0.717) is 0 Å². The van der Waals surface area contributed by atoms with E-state index in [1.807, 2.05) is 11.4 Å². The van der Waals surface area contributed by atoms with Crippen LogP contribution in [0.4, 0.5) is 0 Å². The van der Waals surface area contributed by atoms with Crippen molar-refractivity contribution in [2.75, 3.05) is 6.54 Å². The van der Waals surface area contributed by atoms with Gasteiger partial charge in [0.1, 0.15) is 0 Å². The molecule has 0 aromatic carbocycles. The molecule has 0 aliphatic rings. The second-order valence-corrected chi connectivity index (χ2v) is 4.91. The number of rotatable bonds is 2. The average molecular weight is 236 g/mol. The predicted octanol–water partition coefficient (Wildman–Crippen LogP) is 1.68. The Kier molecular flexibility index (Phi) is 2.70. The molecule has 0 saturated carbocycles. The topological polar surface area (TPSA) is 46.2 Å². The molecular formula is C7H10BrNOS. The van der Waals surface area contributed by atoms with Gasteiger partial charge in [0.2, 0.25) is 0 Å². The molecule has 0 amide bonds. The first kappa shape index (κ1) is 9.19. The largest absolute Gasteiger partial charge is 0.384 e. The fourth-order valence-electron chi connectivity index (χ4n) is 0.710. The summed E-state index contributed by atoms with van der Waals surface area (Å²) in [5, 5.41) is 11.6. The molecule has 11 heavy (non-hydrogen) atoms. The van der Waals surface area contributed by atoms with Gasteiger partial charge in [-0.3, -0.25) is 0 Å². The van der Waals surface area contributed by atoms with Crippen molar-refractivity contribution in [2.45, 2.75) is 12.5 Å². The van der Waals surface area contributed by atoms with Gasteiger partial charge < -0.3 is 10.8 Å². The van der Waals surface area contributed by atoms with Crippen LogP contribution in [0.2, 0.25) is 0 Å². The number of aliphatic hydroxyl groups is 1. The van der Waals surface area contributed by atoms with Crippen molar-refractivity contribution < 1.29 is 5.11 Å². The predicted molar refractivity (Wildman–Crippen MR) is 50.6 cm³/mol. The molecular weight excluding hydrogens is 226 g/mol. The van der Waals surface area contributed by atoms with Gasteiger partial charge in [0.05, 0.1) is 9.39 Å². The lowest BCUT2D eigenvalue weighted by molar-refractivity contribution is 0.0672. The third kappa shape index (κ3) is 2.02. The van der Waals surface area contributed by atoms with Gasteiger partial charge in [-0.05, 0) is 39.9 Å². The van der Waals surface area contributed by atoms with Gasteiger partial charge in [-0.2, -0.15) is 0 Å². The second-order valence-electron chi connectivity index (χ2n) is 2.62. The summed E-state index contributed by atoms with van der Waals surface area (Å²) in [7, 11) is 0. The minimum atomic E-state index is -0.886. The summed E-state index contributed by atoms with van der Waals surface area (Å²) in [5.41, 5.74) is 5.37. The number of nitrogens with two attached hydrogens (primary N) is 1. The Morgan fingerprint density at radius 3 is 2.82 bits per heavy atom. The summed E-state index contributed by atoms with van der Waals surface area (Å²) in [4.78, 5) is 0. The van der Waals surface area contributed by atoms with Crippen LogP contribution >= 0.6 is 27.3 Å². The number of hydrogen-bond donors (Lipinski definition) is 2. The third-order valence-electron chi connectivity index (χ3n) is 1.59. The van der Waals surface area contributed by atoms with Crippen LogP contribution in [0.3, 0.4) is 0 Å². The molecule has 1 aromatic rings. The molecule has 1 unspecified atom stereocenters. The molecule has 62 valence electrons. The lowest BCUT2D eigenvalue weighted by Crippen LogP contribution is -2.30. The van der Waals surface area contributed by atoms with E-state index in [1.165, 1.54) is 0 Å². The summed E-state index contributed by atoms with van der Waals surface area (Å²) in [6.07, 6.45) is 0. The molecule has 0 bridgehead atoms. The van der Waals surface area contributed by atoms with E-state index in [2.05, 4.69) is 15.9 Å². The molecule has 0 spiro atoms. The van der Waals surface area contributed by atoms with Gasteiger partial charge in [0.25, 0.3) is 0 Å². The molecule has 0 aliphatic carbocycles. The zero-order valence-corrected chi connectivity index (χ0v) is 8.58. The molecule has 1 rings (SSSR count). The van der Waals surface area contributed by atoms with E-state index in [9.17, 15) is 5.11 Å². The summed E-state index contributed by atoms with van der Waals surface area (Å²) in [5.74, 6) is 0. The van der Waals surface area contributed by atoms with E-state index in [4.69, 9.17) is 5.73 Å². The zero-order valence-electron chi connectivity index (χ0n) is 6.17. The van der Waals surface area contributed by atoms with Gasteiger partial charge >= 0.3 is 0 Å². The Morgan fingerprint density at radius 2 is 2.45 bits per heavy atom. The summed E-state index contributed by atoms with van der Waals surface area (Å²) < 4.78 is 1.02. The van der Waals surface area contributed by atoms with E-state index in [1.54, 1.807) is 18.3 Å². The van der Waals surface area contributed by atoms with Crippen molar-refractivity contribution in [1.82, 2.24) is 0 Å². The molecule has 1 heterocycles. The monoisotopic (exact) mass is 235 g/mol. The first-order valence-corrected chi connectivity index (χ1v) is 4.90. The fourth-order valence-corrected chi connectivity index (χ4v) is 1.99. The summed E-state index contributed by atoms with van der Waals surface area (Å²) in [6.45, 7) is 1.96. The standard InChI is InChI=1S/C7H10BrNOS/c1-7(10,4-9)5-2-6(8)11-3-5/h2-3,10H,4,9H2,1H3. The van der Waals surface area contributed by atoms with E-state index in [0.717, 1.165) is 9.35 Å². The fraction of sp³-hybridized carbons (Fsp3) is 0.429. The van der Waals surface area contributed by atoms with Crippen LogP contribution in [0.5, 0.6) is 0 Å². The molecule has 0 fully saturated rings. The maximum Gasteiger partial charge on any atom is 0.0998 e. The van der Waals surface area contributed by atoms with Gasteiger partial charge in [-0.1, -0.05) is 0 Å². The maximum atomic E-state index is 9.67. The number of thiophene rings is 1. The molecule has 0 radical (unpaired) electrons. The Hall–Kier alpha value is 0.100. The van der Waals surface area contributed by atoms with Crippen LogP contribution in [0.25, 0.3) is 0 Å². The van der Waals surface area contributed by atoms with Crippen molar-refractivity contribution in [2.24, 2.45) is 5.73 Å². The molecule has 2 nitrogen and oxygen atoms in total. The van der Waals surface area contributed by atoms with Gasteiger partial charge in [0.15, 0.2) is 0 Å². The molecule has 4 heteroatoms. The molecule has 0 aliphatic heterocycles. The normalized spacial score (nSPS) is 16.4. The molecule has 1 aromatic heterocycles. The van der Waals surface area contributed by atoms with Crippen molar-refractivity contribution in [3.63, 3.8) is 0 Å². The highest BCUT2D eigenvalue weighted by Gasteiger charge is 2.21. The van der Waals surface area contributed by atoms with E-state index in [-0.39, 0.29) is 6.54 Å². The number of hydrogen-bond acceptors (Lipinski definition) is 3. The minimum absolute atomic E-state index is 0.246. The second kappa shape index (κ2) is 3.23. The average Bonchev–Trinajstić information content (AvgIpc) is 2.36. The van der Waals surface area contributed by atoms with Gasteiger partial charge in [-0.15, -0.1) is 11.3 Å². The van der Waals surface area contributed by atoms with Crippen LogP contribution < -0.4 is 5.73 Å². The SMILES string of the molecule is CC(O)(CN)c1csc(Br)c1. The van der Waals surface area contributed by atoms with Crippen LogP contribution in [0.15, 0.2) is 15.2 Å². The van der Waals surface area contributed by atoms with Gasteiger partial charge in [-0.25, -0.2) is 0 Å². The van der Waals surface area contributed by atoms with Crippen LogP contribution in [-0.4, -0.2) is 11.7 Å². The van der Waals surface area contributed by atoms with Crippen molar-refractivity contribution in [3.8, 4) is 0 Å². The highest BCUT2D eigenvalue weighted by molar-refractivity contribution is 9.11. The van der Waals surface area contributed by atoms with E-state index < -0.39 is 5.60 Å². The molecule has 1 atom stereocenters. The van der Waals surface area contributed by atoms with Crippen LogP contribution in [-0.2, 0) is 5.60 Å². The Labute approximate surface area is 78.2 Å². The van der Waals surface area contributed by atoms with Crippen molar-refractivity contribution in [3.05, 3.63) is 20.8 Å².